The zero-order chi connectivity index (χ0) is 16.8. The summed E-state index contributed by atoms with van der Waals surface area (Å²) in [6.07, 6.45) is 2.58. The fraction of sp³-hybridized carbons (Fsp3) is 0.632. The molecule has 136 valence electrons. The fourth-order valence-corrected chi connectivity index (χ4v) is 3.18. The van der Waals surface area contributed by atoms with Gasteiger partial charge in [0.05, 0.1) is 6.10 Å². The number of ether oxygens (including phenoxy) is 1. The number of hydrogen-bond acceptors (Lipinski definition) is 2. The van der Waals surface area contributed by atoms with Crippen molar-refractivity contribution in [2.45, 2.75) is 52.6 Å². The van der Waals surface area contributed by atoms with E-state index < -0.39 is 0 Å². The lowest BCUT2D eigenvalue weighted by molar-refractivity contribution is -0.0491. The number of aliphatic imine (C=N–C) groups is 1. The lowest BCUT2D eigenvalue weighted by Crippen LogP contribution is -2.36. The number of nitrogens with two attached hydrogens (primary N) is 1. The zero-order valence-electron chi connectivity index (χ0n) is 15.3. The van der Waals surface area contributed by atoms with Crippen LogP contribution in [0.2, 0.25) is 0 Å². The fourth-order valence-electron chi connectivity index (χ4n) is 3.18. The van der Waals surface area contributed by atoms with Crippen molar-refractivity contribution in [1.82, 2.24) is 0 Å². The highest BCUT2D eigenvalue weighted by Crippen LogP contribution is 2.26. The molecular weight excluding hydrogens is 413 g/mol. The van der Waals surface area contributed by atoms with Gasteiger partial charge in [-0.25, -0.2) is 0 Å². The van der Waals surface area contributed by atoms with Crippen LogP contribution in [0.15, 0.2) is 29.3 Å². The van der Waals surface area contributed by atoms with Crippen LogP contribution in [0.25, 0.3) is 0 Å². The molecule has 2 atom stereocenters. The van der Waals surface area contributed by atoms with E-state index in [0.29, 0.717) is 29.8 Å². The predicted molar refractivity (Wildman–Crippen MR) is 113 cm³/mol. The molecule has 5 heteroatoms. The Morgan fingerprint density at radius 3 is 2.75 bits per heavy atom. The van der Waals surface area contributed by atoms with E-state index in [1.54, 1.807) is 0 Å². The van der Waals surface area contributed by atoms with E-state index in [1.165, 1.54) is 12.0 Å². The highest BCUT2D eigenvalue weighted by molar-refractivity contribution is 14.0. The van der Waals surface area contributed by atoms with Gasteiger partial charge in [0.2, 0.25) is 0 Å². The van der Waals surface area contributed by atoms with Crippen LogP contribution in [0.1, 0.15) is 52.0 Å². The number of guanidine groups is 1. The molecule has 0 aliphatic carbocycles. The minimum Gasteiger partial charge on any atom is -0.378 e. The average molecular weight is 445 g/mol. The summed E-state index contributed by atoms with van der Waals surface area (Å²) in [6.45, 7) is 10.4. The molecular formula is C19H32IN3O. The number of anilines is 1. The maximum atomic E-state index is 6.07. The van der Waals surface area contributed by atoms with Gasteiger partial charge in [-0.3, -0.25) is 4.99 Å². The summed E-state index contributed by atoms with van der Waals surface area (Å²) in [7, 11) is 0. The number of nitrogens with one attached hydrogen (secondary N) is 1. The maximum Gasteiger partial charge on any atom is 0.193 e. The zero-order valence-corrected chi connectivity index (χ0v) is 17.6. The van der Waals surface area contributed by atoms with Crippen molar-refractivity contribution in [3.05, 3.63) is 29.8 Å². The Hall–Kier alpha value is -0.820. The largest absolute Gasteiger partial charge is 0.378 e. The molecule has 1 fully saturated rings. The minimum atomic E-state index is 0. The van der Waals surface area contributed by atoms with Crippen molar-refractivity contribution in [3.63, 3.8) is 0 Å². The smallest absolute Gasteiger partial charge is 0.193 e. The van der Waals surface area contributed by atoms with Gasteiger partial charge in [0.15, 0.2) is 5.96 Å². The highest BCUT2D eigenvalue weighted by atomic mass is 127. The Morgan fingerprint density at radius 1 is 1.33 bits per heavy atom. The molecule has 1 heterocycles. The highest BCUT2D eigenvalue weighted by Gasteiger charge is 2.28. The van der Waals surface area contributed by atoms with Gasteiger partial charge in [0.1, 0.15) is 0 Å². The summed E-state index contributed by atoms with van der Waals surface area (Å²) >= 11 is 0. The lowest BCUT2D eigenvalue weighted by Gasteiger charge is -2.33. The molecule has 2 unspecified atom stereocenters. The SMILES string of the molecule is CC(C)c1cccc(NC(N)=NCC2CCCOC2C(C)C)c1.I. The van der Waals surface area contributed by atoms with E-state index in [4.69, 9.17) is 10.5 Å². The first-order chi connectivity index (χ1) is 11.0. The van der Waals surface area contributed by atoms with E-state index in [-0.39, 0.29) is 24.0 Å². The van der Waals surface area contributed by atoms with E-state index >= 15 is 0 Å². The molecule has 0 radical (unpaired) electrons. The third-order valence-corrected chi connectivity index (χ3v) is 4.47. The summed E-state index contributed by atoms with van der Waals surface area (Å²) < 4.78 is 5.91. The quantitative estimate of drug-likeness (QED) is 0.396. The molecule has 1 aliphatic heterocycles. The molecule has 1 saturated heterocycles. The van der Waals surface area contributed by atoms with Gasteiger partial charge in [-0.15, -0.1) is 24.0 Å². The van der Waals surface area contributed by atoms with Gasteiger partial charge in [-0.05, 0) is 42.4 Å². The van der Waals surface area contributed by atoms with Crippen LogP contribution in [0.3, 0.4) is 0 Å². The van der Waals surface area contributed by atoms with Crippen molar-refractivity contribution < 1.29 is 4.74 Å². The Labute approximate surface area is 163 Å². The second-order valence-corrected chi connectivity index (χ2v) is 7.11. The standard InChI is InChI=1S/C19H31N3O.HI/c1-13(2)15-7-5-9-17(11-15)22-19(20)21-12-16-8-6-10-23-18(16)14(3)4;/h5,7,9,11,13-14,16,18H,6,8,10,12H2,1-4H3,(H3,20,21,22);1H. The summed E-state index contributed by atoms with van der Waals surface area (Å²) in [5.41, 5.74) is 8.36. The third kappa shape index (κ3) is 6.24. The Balaban J connectivity index is 0.00000288. The Kier molecular flexibility index (Phi) is 9.05. The maximum absolute atomic E-state index is 6.07. The van der Waals surface area contributed by atoms with E-state index in [1.807, 2.05) is 6.07 Å². The number of hydrogen-bond donors (Lipinski definition) is 2. The van der Waals surface area contributed by atoms with Gasteiger partial charge in [-0.2, -0.15) is 0 Å². The predicted octanol–water partition coefficient (Wildman–Crippen LogP) is 4.61. The molecule has 2 rings (SSSR count). The number of halogens is 1. The Morgan fingerprint density at radius 2 is 2.08 bits per heavy atom. The van der Waals surface area contributed by atoms with Crippen molar-refractivity contribution >= 4 is 35.6 Å². The molecule has 0 amide bonds. The Bertz CT molecular complexity index is 531. The molecule has 1 aliphatic rings. The summed E-state index contributed by atoms with van der Waals surface area (Å²) in [6, 6.07) is 8.34. The van der Waals surface area contributed by atoms with Gasteiger partial charge >= 0.3 is 0 Å². The minimum absolute atomic E-state index is 0. The molecule has 4 nitrogen and oxygen atoms in total. The van der Waals surface area contributed by atoms with Crippen LogP contribution in [0, 0.1) is 11.8 Å². The normalized spacial score (nSPS) is 21.7. The van der Waals surface area contributed by atoms with Crippen LogP contribution < -0.4 is 11.1 Å². The van der Waals surface area contributed by atoms with Crippen LogP contribution in [0.5, 0.6) is 0 Å². The van der Waals surface area contributed by atoms with Crippen LogP contribution in [-0.4, -0.2) is 25.2 Å². The molecule has 0 aromatic heterocycles. The topological polar surface area (TPSA) is 59.6 Å². The van der Waals surface area contributed by atoms with E-state index in [0.717, 1.165) is 25.3 Å². The summed E-state index contributed by atoms with van der Waals surface area (Å²) in [5.74, 6) is 1.97. The average Bonchev–Trinajstić information content (AvgIpc) is 2.53. The van der Waals surface area contributed by atoms with Crippen molar-refractivity contribution in [2.24, 2.45) is 22.6 Å². The van der Waals surface area contributed by atoms with Crippen LogP contribution >= 0.6 is 24.0 Å². The molecule has 3 N–H and O–H groups in total. The van der Waals surface area contributed by atoms with Gasteiger partial charge in [-0.1, -0.05) is 39.8 Å². The van der Waals surface area contributed by atoms with Gasteiger partial charge in [0.25, 0.3) is 0 Å². The van der Waals surface area contributed by atoms with E-state index in [9.17, 15) is 0 Å². The first-order valence-corrected chi connectivity index (χ1v) is 8.76. The van der Waals surface area contributed by atoms with Crippen molar-refractivity contribution in [3.8, 4) is 0 Å². The van der Waals surface area contributed by atoms with Gasteiger partial charge < -0.3 is 15.8 Å². The van der Waals surface area contributed by atoms with Crippen LogP contribution in [0.4, 0.5) is 5.69 Å². The lowest BCUT2D eigenvalue weighted by atomic mass is 9.87. The third-order valence-electron chi connectivity index (χ3n) is 4.47. The monoisotopic (exact) mass is 445 g/mol. The van der Waals surface area contributed by atoms with Crippen LogP contribution in [-0.2, 0) is 4.74 Å². The first kappa shape index (κ1) is 21.2. The second kappa shape index (κ2) is 10.2. The summed E-state index contributed by atoms with van der Waals surface area (Å²) in [5, 5.41) is 3.21. The van der Waals surface area contributed by atoms with Crippen molar-refractivity contribution in [2.75, 3.05) is 18.5 Å². The number of rotatable bonds is 5. The molecule has 0 bridgehead atoms. The molecule has 24 heavy (non-hydrogen) atoms. The molecule has 1 aromatic carbocycles. The molecule has 0 spiro atoms. The first-order valence-electron chi connectivity index (χ1n) is 8.76. The van der Waals surface area contributed by atoms with E-state index in [2.05, 4.69) is 56.2 Å². The number of nitrogens with zero attached hydrogens (tertiary/aromatic N) is 1. The van der Waals surface area contributed by atoms with Gasteiger partial charge in [0, 0.05) is 24.8 Å². The van der Waals surface area contributed by atoms with Crippen molar-refractivity contribution in [1.29, 1.82) is 0 Å². The summed E-state index contributed by atoms with van der Waals surface area (Å²) in [4.78, 5) is 4.55. The molecule has 0 saturated carbocycles. The molecule has 1 aromatic rings. The second-order valence-electron chi connectivity index (χ2n) is 7.11. The number of benzene rings is 1.